The van der Waals surface area contributed by atoms with Gasteiger partial charge in [-0.2, -0.15) is 4.99 Å². The Morgan fingerprint density at radius 3 is 2.26 bits per heavy atom. The normalized spacial score (nSPS) is 11.4. The summed E-state index contributed by atoms with van der Waals surface area (Å²) in [6.07, 6.45) is -1.48. The lowest BCUT2D eigenvalue weighted by Crippen LogP contribution is -2.37. The minimum absolute atomic E-state index is 0.0115. The van der Waals surface area contributed by atoms with Gasteiger partial charge in [0, 0.05) is 11.3 Å². The molecule has 0 saturated heterocycles. The van der Waals surface area contributed by atoms with E-state index >= 15 is 0 Å². The van der Waals surface area contributed by atoms with Crippen LogP contribution in [0.25, 0.3) is 0 Å². The number of hydrogen-bond acceptors (Lipinski definition) is 5. The molecule has 3 amide bonds. The Bertz CT molecular complexity index is 935. The molecule has 0 aliphatic heterocycles. The minimum atomic E-state index is -0.799. The summed E-state index contributed by atoms with van der Waals surface area (Å²) in [5.74, 6) is -0.438. The fraction of sp³-hybridized carbons (Fsp3) is 0.273. The number of carbonyl (C=O) groups excluding carboxylic acids is 3. The van der Waals surface area contributed by atoms with E-state index < -0.39 is 23.7 Å². The average molecular weight is 426 g/mol. The third-order valence-corrected chi connectivity index (χ3v) is 3.67. The maximum atomic E-state index is 11.9. The van der Waals surface area contributed by atoms with Gasteiger partial charge < -0.3 is 25.8 Å². The molecule has 0 saturated carbocycles. The van der Waals surface area contributed by atoms with Crippen LogP contribution in [0.5, 0.6) is 0 Å². The first-order valence-corrected chi connectivity index (χ1v) is 9.54. The smallest absolute Gasteiger partial charge is 0.435 e. The van der Waals surface area contributed by atoms with Gasteiger partial charge in [-0.1, -0.05) is 30.3 Å². The fourth-order valence-electron chi connectivity index (χ4n) is 2.31. The lowest BCUT2D eigenvalue weighted by Gasteiger charge is -2.19. The number of amidine groups is 1. The van der Waals surface area contributed by atoms with Gasteiger partial charge in [0.25, 0.3) is 0 Å². The van der Waals surface area contributed by atoms with E-state index in [1.807, 2.05) is 30.3 Å². The molecule has 0 aliphatic rings. The molecule has 0 unspecified atom stereocenters. The summed E-state index contributed by atoms with van der Waals surface area (Å²) >= 11 is 0. The summed E-state index contributed by atoms with van der Waals surface area (Å²) in [6, 6.07) is 15.6. The summed E-state index contributed by atoms with van der Waals surface area (Å²) in [4.78, 5) is 39.1. The number of amides is 3. The molecular formula is C22H26N4O5. The van der Waals surface area contributed by atoms with Crippen LogP contribution in [-0.2, 0) is 20.9 Å². The van der Waals surface area contributed by atoms with E-state index in [1.54, 1.807) is 45.0 Å². The van der Waals surface area contributed by atoms with Gasteiger partial charge in [-0.15, -0.1) is 0 Å². The third kappa shape index (κ3) is 8.99. The van der Waals surface area contributed by atoms with Crippen LogP contribution in [0.3, 0.4) is 0 Å². The van der Waals surface area contributed by atoms with E-state index in [1.165, 1.54) is 0 Å². The standard InChI is InChI=1S/C22H26N4O5/c1-22(2,3)31-20(28)24-13-18(27)25-17-11-9-16(10-12-17)19(23)26-21(29)30-14-15-7-5-4-6-8-15/h4-12H,13-14H2,1-3H3,(H,24,28)(H,25,27)(H2,23,26,29). The summed E-state index contributed by atoms with van der Waals surface area (Å²) < 4.78 is 10.1. The first-order valence-electron chi connectivity index (χ1n) is 9.54. The molecule has 0 radical (unpaired) electrons. The van der Waals surface area contributed by atoms with Crippen LogP contribution in [0.2, 0.25) is 0 Å². The van der Waals surface area contributed by atoms with Gasteiger partial charge in [0.2, 0.25) is 5.91 Å². The van der Waals surface area contributed by atoms with Crippen molar-refractivity contribution >= 4 is 29.6 Å². The molecule has 9 heteroatoms. The molecule has 0 atom stereocenters. The van der Waals surface area contributed by atoms with E-state index in [-0.39, 0.29) is 19.0 Å². The number of anilines is 1. The maximum absolute atomic E-state index is 11.9. The number of carbonyl (C=O) groups is 3. The Labute approximate surface area is 180 Å². The Morgan fingerprint density at radius 2 is 1.65 bits per heavy atom. The fourth-order valence-corrected chi connectivity index (χ4v) is 2.31. The number of ether oxygens (including phenoxy) is 2. The van der Waals surface area contributed by atoms with Crippen LogP contribution in [0.4, 0.5) is 15.3 Å². The number of rotatable bonds is 6. The van der Waals surface area contributed by atoms with E-state index in [2.05, 4.69) is 15.6 Å². The van der Waals surface area contributed by atoms with Crippen LogP contribution in [0, 0.1) is 0 Å². The summed E-state index contributed by atoms with van der Waals surface area (Å²) in [7, 11) is 0. The zero-order chi connectivity index (χ0) is 22.9. The molecule has 31 heavy (non-hydrogen) atoms. The molecule has 164 valence electrons. The second-order valence-corrected chi connectivity index (χ2v) is 7.52. The largest absolute Gasteiger partial charge is 0.444 e. The molecule has 0 heterocycles. The Kier molecular flexibility index (Phi) is 8.13. The molecule has 2 aromatic carbocycles. The monoisotopic (exact) mass is 426 g/mol. The first-order chi connectivity index (χ1) is 14.6. The number of nitrogens with one attached hydrogen (secondary N) is 2. The lowest BCUT2D eigenvalue weighted by molar-refractivity contribution is -0.115. The molecule has 4 N–H and O–H groups in total. The van der Waals surface area contributed by atoms with Crippen molar-refractivity contribution in [2.24, 2.45) is 10.7 Å². The molecule has 0 aliphatic carbocycles. The Morgan fingerprint density at radius 1 is 1.00 bits per heavy atom. The topological polar surface area (TPSA) is 132 Å². The zero-order valence-corrected chi connectivity index (χ0v) is 17.7. The molecule has 0 aromatic heterocycles. The molecule has 2 rings (SSSR count). The number of nitrogens with two attached hydrogens (primary N) is 1. The van der Waals surface area contributed by atoms with E-state index in [4.69, 9.17) is 15.2 Å². The second kappa shape index (κ2) is 10.8. The van der Waals surface area contributed by atoms with Gasteiger partial charge >= 0.3 is 12.2 Å². The van der Waals surface area contributed by atoms with Crippen LogP contribution < -0.4 is 16.4 Å². The van der Waals surface area contributed by atoms with Crippen LogP contribution in [-0.4, -0.2) is 36.1 Å². The number of nitrogens with zero attached hydrogens (tertiary/aromatic N) is 1. The molecule has 0 spiro atoms. The highest BCUT2D eigenvalue weighted by atomic mass is 16.6. The van der Waals surface area contributed by atoms with Crippen molar-refractivity contribution in [1.82, 2.24) is 5.32 Å². The van der Waals surface area contributed by atoms with Crippen LogP contribution in [0.15, 0.2) is 59.6 Å². The maximum Gasteiger partial charge on any atom is 0.435 e. The lowest BCUT2D eigenvalue weighted by atomic mass is 10.2. The van der Waals surface area contributed by atoms with Gasteiger partial charge in [0.15, 0.2) is 0 Å². The van der Waals surface area contributed by atoms with Crippen molar-refractivity contribution in [3.05, 3.63) is 65.7 Å². The highest BCUT2D eigenvalue weighted by Gasteiger charge is 2.16. The van der Waals surface area contributed by atoms with Crippen molar-refractivity contribution in [3.63, 3.8) is 0 Å². The number of hydrogen-bond donors (Lipinski definition) is 3. The molecule has 2 aromatic rings. The molecule has 9 nitrogen and oxygen atoms in total. The highest BCUT2D eigenvalue weighted by molar-refractivity contribution is 6.03. The predicted molar refractivity (Wildman–Crippen MR) is 117 cm³/mol. The quantitative estimate of drug-likeness (QED) is 0.480. The van der Waals surface area contributed by atoms with Crippen molar-refractivity contribution in [3.8, 4) is 0 Å². The van der Waals surface area contributed by atoms with Crippen LogP contribution >= 0.6 is 0 Å². The highest BCUT2D eigenvalue weighted by Crippen LogP contribution is 2.10. The van der Waals surface area contributed by atoms with Crippen molar-refractivity contribution < 1.29 is 23.9 Å². The van der Waals surface area contributed by atoms with Gasteiger partial charge in [-0.05, 0) is 50.6 Å². The van der Waals surface area contributed by atoms with E-state index in [0.717, 1.165) is 5.56 Å². The number of benzene rings is 2. The number of aliphatic imine (C=N–C) groups is 1. The SMILES string of the molecule is CC(C)(C)OC(=O)NCC(=O)Nc1ccc(/C(N)=N\C(=O)OCc2ccccc2)cc1. The van der Waals surface area contributed by atoms with Crippen LogP contribution in [0.1, 0.15) is 31.9 Å². The second-order valence-electron chi connectivity index (χ2n) is 7.52. The van der Waals surface area contributed by atoms with Gasteiger partial charge in [-0.25, -0.2) is 9.59 Å². The third-order valence-electron chi connectivity index (χ3n) is 3.67. The van der Waals surface area contributed by atoms with Gasteiger partial charge in [0.05, 0.1) is 0 Å². The molecule has 0 fully saturated rings. The summed E-state index contributed by atoms with van der Waals surface area (Å²) in [6.45, 7) is 5.04. The first kappa shape index (κ1) is 23.4. The minimum Gasteiger partial charge on any atom is -0.444 e. The van der Waals surface area contributed by atoms with Crippen molar-refractivity contribution in [2.75, 3.05) is 11.9 Å². The Hall–Kier alpha value is -3.88. The van der Waals surface area contributed by atoms with E-state index in [9.17, 15) is 14.4 Å². The Balaban J connectivity index is 1.83. The zero-order valence-electron chi connectivity index (χ0n) is 17.7. The summed E-state index contributed by atoms with van der Waals surface area (Å²) in [5, 5.41) is 4.99. The van der Waals surface area contributed by atoms with Crippen molar-refractivity contribution in [2.45, 2.75) is 33.0 Å². The van der Waals surface area contributed by atoms with Crippen molar-refractivity contribution in [1.29, 1.82) is 0 Å². The average Bonchev–Trinajstić information content (AvgIpc) is 2.71. The molecule has 0 bridgehead atoms. The summed E-state index contributed by atoms with van der Waals surface area (Å²) in [5.41, 5.74) is 7.01. The van der Waals surface area contributed by atoms with Gasteiger partial charge in [-0.3, -0.25) is 4.79 Å². The predicted octanol–water partition coefficient (Wildman–Crippen LogP) is 3.19. The number of alkyl carbamates (subject to hydrolysis) is 1. The van der Waals surface area contributed by atoms with E-state index in [0.29, 0.717) is 11.3 Å². The van der Waals surface area contributed by atoms with Gasteiger partial charge in [0.1, 0.15) is 24.6 Å². The molecular weight excluding hydrogens is 400 g/mol.